The molecular weight excluding hydrogens is 347 g/mol. The largest absolute Gasteiger partial charge is 0.444 e. The third-order valence-electron chi connectivity index (χ3n) is 5.34. The predicted molar refractivity (Wildman–Crippen MR) is 97.7 cm³/mol. The maximum Gasteiger partial charge on any atom is 0.410 e. The fourth-order valence-electron chi connectivity index (χ4n) is 4.27. The van der Waals surface area contributed by atoms with E-state index in [2.05, 4.69) is 0 Å². The molecule has 0 N–H and O–H groups in total. The van der Waals surface area contributed by atoms with E-state index < -0.39 is 11.4 Å². The van der Waals surface area contributed by atoms with Crippen LogP contribution in [0.15, 0.2) is 18.2 Å². The van der Waals surface area contributed by atoms with Gasteiger partial charge in [-0.15, -0.1) is 0 Å². The molecular formula is C21H25FN2O3. The number of hydrogen-bond donors (Lipinski definition) is 0. The van der Waals surface area contributed by atoms with Gasteiger partial charge < -0.3 is 9.64 Å². The summed E-state index contributed by atoms with van der Waals surface area (Å²) in [6, 6.07) is 5.86. The SMILES string of the molecule is CC(C)(C)OC(=O)N1C2CCCC1CC(C(=O)c1cccc(F)c1C#N)C2. The van der Waals surface area contributed by atoms with E-state index in [9.17, 15) is 19.2 Å². The number of hydrogen-bond acceptors (Lipinski definition) is 4. The van der Waals surface area contributed by atoms with Crippen molar-refractivity contribution in [3.8, 4) is 6.07 Å². The van der Waals surface area contributed by atoms with E-state index in [0.717, 1.165) is 19.3 Å². The number of Topliss-reactive ketones (excluding diaryl/α,β-unsaturated/α-hetero) is 1. The second kappa shape index (κ2) is 7.30. The average Bonchev–Trinajstić information content (AvgIpc) is 2.58. The summed E-state index contributed by atoms with van der Waals surface area (Å²) in [6.07, 6.45) is 3.39. The Hall–Kier alpha value is -2.42. The molecule has 1 aromatic rings. The molecule has 0 aliphatic carbocycles. The van der Waals surface area contributed by atoms with Gasteiger partial charge in [-0.1, -0.05) is 6.07 Å². The van der Waals surface area contributed by atoms with E-state index in [4.69, 9.17) is 4.74 Å². The van der Waals surface area contributed by atoms with Crippen LogP contribution >= 0.6 is 0 Å². The van der Waals surface area contributed by atoms with Gasteiger partial charge in [0.2, 0.25) is 0 Å². The van der Waals surface area contributed by atoms with Crippen LogP contribution in [0, 0.1) is 23.1 Å². The highest BCUT2D eigenvalue weighted by molar-refractivity contribution is 6.00. The molecule has 0 aromatic heterocycles. The Morgan fingerprint density at radius 2 is 1.85 bits per heavy atom. The molecule has 0 radical (unpaired) electrons. The first-order valence-electron chi connectivity index (χ1n) is 9.45. The Morgan fingerprint density at radius 1 is 1.22 bits per heavy atom. The fraction of sp³-hybridized carbons (Fsp3) is 0.571. The molecule has 2 unspecified atom stereocenters. The van der Waals surface area contributed by atoms with Gasteiger partial charge in [-0.2, -0.15) is 5.26 Å². The third-order valence-corrected chi connectivity index (χ3v) is 5.34. The maximum atomic E-state index is 13.9. The number of halogens is 1. The highest BCUT2D eigenvalue weighted by atomic mass is 19.1. The molecule has 0 spiro atoms. The molecule has 5 nitrogen and oxygen atoms in total. The van der Waals surface area contributed by atoms with Gasteiger partial charge in [-0.3, -0.25) is 4.79 Å². The predicted octanol–water partition coefficient (Wildman–Crippen LogP) is 4.45. The normalized spacial score (nSPS) is 24.9. The van der Waals surface area contributed by atoms with Crippen LogP contribution in [0.25, 0.3) is 0 Å². The van der Waals surface area contributed by atoms with Crippen molar-refractivity contribution in [3.63, 3.8) is 0 Å². The lowest BCUT2D eigenvalue weighted by molar-refractivity contribution is -0.0260. The zero-order valence-electron chi connectivity index (χ0n) is 16.0. The number of amides is 1. The summed E-state index contributed by atoms with van der Waals surface area (Å²) < 4.78 is 19.4. The summed E-state index contributed by atoms with van der Waals surface area (Å²) in [5.41, 5.74) is -0.616. The van der Waals surface area contributed by atoms with Crippen LogP contribution in [-0.2, 0) is 4.74 Å². The molecule has 2 aliphatic rings. The van der Waals surface area contributed by atoms with Gasteiger partial charge in [0.05, 0.1) is 5.56 Å². The van der Waals surface area contributed by atoms with E-state index in [0.29, 0.717) is 12.8 Å². The molecule has 2 atom stereocenters. The second-order valence-corrected chi connectivity index (χ2v) is 8.43. The van der Waals surface area contributed by atoms with Crippen LogP contribution in [0.2, 0.25) is 0 Å². The molecule has 2 heterocycles. The number of carbonyl (C=O) groups excluding carboxylic acids is 2. The minimum Gasteiger partial charge on any atom is -0.444 e. The first-order valence-corrected chi connectivity index (χ1v) is 9.45. The van der Waals surface area contributed by atoms with Crippen LogP contribution in [-0.4, -0.2) is 34.5 Å². The number of piperidine rings is 2. The smallest absolute Gasteiger partial charge is 0.410 e. The number of benzene rings is 1. The summed E-state index contributed by atoms with van der Waals surface area (Å²) in [5.74, 6) is -1.19. The van der Waals surface area contributed by atoms with Crippen molar-refractivity contribution >= 4 is 11.9 Å². The highest BCUT2D eigenvalue weighted by Gasteiger charge is 2.44. The summed E-state index contributed by atoms with van der Waals surface area (Å²) in [6.45, 7) is 5.51. The highest BCUT2D eigenvalue weighted by Crippen LogP contribution is 2.39. The van der Waals surface area contributed by atoms with Crippen LogP contribution in [0.1, 0.15) is 68.8 Å². The molecule has 0 saturated carbocycles. The zero-order chi connectivity index (χ0) is 19.8. The van der Waals surface area contributed by atoms with Crippen molar-refractivity contribution in [2.45, 2.75) is 70.6 Å². The van der Waals surface area contributed by atoms with Gasteiger partial charge in [0.25, 0.3) is 0 Å². The summed E-state index contributed by atoms with van der Waals surface area (Å²) >= 11 is 0. The van der Waals surface area contributed by atoms with E-state index in [1.165, 1.54) is 18.2 Å². The molecule has 27 heavy (non-hydrogen) atoms. The van der Waals surface area contributed by atoms with Gasteiger partial charge in [-0.05, 0) is 65.0 Å². The van der Waals surface area contributed by atoms with Crippen LogP contribution in [0.5, 0.6) is 0 Å². The molecule has 6 heteroatoms. The lowest BCUT2D eigenvalue weighted by atomic mass is 9.75. The zero-order valence-corrected chi connectivity index (χ0v) is 16.0. The molecule has 144 valence electrons. The Morgan fingerprint density at radius 3 is 2.41 bits per heavy atom. The average molecular weight is 372 g/mol. The second-order valence-electron chi connectivity index (χ2n) is 8.43. The summed E-state index contributed by atoms with van der Waals surface area (Å²) in [4.78, 5) is 27.5. The topological polar surface area (TPSA) is 70.4 Å². The molecule has 1 amide bonds. The third kappa shape index (κ3) is 3.97. The fourth-order valence-corrected chi connectivity index (χ4v) is 4.27. The number of nitrogens with zero attached hydrogens (tertiary/aromatic N) is 2. The van der Waals surface area contributed by atoms with E-state index in [-0.39, 0.29) is 41.0 Å². The standard InChI is InChI=1S/C21H25FN2O3/c1-21(2,3)27-20(26)24-14-6-4-7-15(24)11-13(10-14)19(25)16-8-5-9-18(22)17(16)12-23/h5,8-9,13-15H,4,6-7,10-11H2,1-3H3. The number of nitriles is 1. The minimum atomic E-state index is -0.672. The quantitative estimate of drug-likeness (QED) is 0.719. The van der Waals surface area contributed by atoms with Gasteiger partial charge in [0, 0.05) is 23.6 Å². The Balaban J connectivity index is 1.81. The number of carbonyl (C=O) groups is 2. The molecule has 2 saturated heterocycles. The van der Waals surface area contributed by atoms with Gasteiger partial charge in [0.1, 0.15) is 17.5 Å². The summed E-state index contributed by atoms with van der Waals surface area (Å²) in [5, 5.41) is 9.22. The first-order chi connectivity index (χ1) is 12.7. The van der Waals surface area contributed by atoms with Crippen molar-refractivity contribution in [2.24, 2.45) is 5.92 Å². The molecule has 2 aliphatic heterocycles. The number of fused-ring (bicyclic) bond motifs is 2. The minimum absolute atomic E-state index is 0.0552. The lowest BCUT2D eigenvalue weighted by Crippen LogP contribution is -2.56. The Bertz CT molecular complexity index is 780. The van der Waals surface area contributed by atoms with Gasteiger partial charge in [0.15, 0.2) is 5.78 Å². The summed E-state index contributed by atoms with van der Waals surface area (Å²) in [7, 11) is 0. The molecule has 1 aromatic carbocycles. The molecule has 3 rings (SSSR count). The van der Waals surface area contributed by atoms with E-state index >= 15 is 0 Å². The van der Waals surface area contributed by atoms with Gasteiger partial charge >= 0.3 is 6.09 Å². The van der Waals surface area contributed by atoms with Crippen molar-refractivity contribution in [1.82, 2.24) is 4.90 Å². The monoisotopic (exact) mass is 372 g/mol. The van der Waals surface area contributed by atoms with Crippen molar-refractivity contribution in [2.75, 3.05) is 0 Å². The Labute approximate surface area is 159 Å². The van der Waals surface area contributed by atoms with Gasteiger partial charge in [-0.25, -0.2) is 9.18 Å². The van der Waals surface area contributed by atoms with Crippen LogP contribution in [0.4, 0.5) is 9.18 Å². The van der Waals surface area contributed by atoms with E-state index in [1.807, 2.05) is 20.8 Å². The maximum absolute atomic E-state index is 13.9. The van der Waals surface area contributed by atoms with Crippen molar-refractivity contribution in [3.05, 3.63) is 35.1 Å². The van der Waals surface area contributed by atoms with E-state index in [1.54, 1.807) is 11.0 Å². The molecule has 2 bridgehead atoms. The van der Waals surface area contributed by atoms with Crippen LogP contribution in [0.3, 0.4) is 0 Å². The first kappa shape index (κ1) is 19.3. The van der Waals surface area contributed by atoms with Crippen molar-refractivity contribution < 1.29 is 18.7 Å². The van der Waals surface area contributed by atoms with Crippen molar-refractivity contribution in [1.29, 1.82) is 5.26 Å². The number of ketones is 1. The molecule has 2 fully saturated rings. The Kier molecular flexibility index (Phi) is 5.23. The van der Waals surface area contributed by atoms with Crippen LogP contribution < -0.4 is 0 Å². The number of ether oxygens (including phenoxy) is 1. The lowest BCUT2D eigenvalue weighted by Gasteiger charge is -2.48. The number of rotatable bonds is 2.